The van der Waals surface area contributed by atoms with E-state index in [0.717, 1.165) is 21.3 Å². The van der Waals surface area contributed by atoms with E-state index >= 15 is 0 Å². The summed E-state index contributed by atoms with van der Waals surface area (Å²) in [5.74, 6) is 0.923. The Morgan fingerprint density at radius 2 is 2.17 bits per heavy atom. The van der Waals surface area contributed by atoms with Gasteiger partial charge in [0.2, 0.25) is 0 Å². The molecular weight excluding hydrogens is 476 g/mol. The van der Waals surface area contributed by atoms with E-state index < -0.39 is 0 Å². The lowest BCUT2D eigenvalue weighted by atomic mass is 10.2. The summed E-state index contributed by atoms with van der Waals surface area (Å²) in [4.78, 5) is 17.4. The molecule has 0 aromatic heterocycles. The number of hydrogen-bond donors (Lipinski definition) is 1. The van der Waals surface area contributed by atoms with Gasteiger partial charge in [0.1, 0.15) is 6.61 Å². The van der Waals surface area contributed by atoms with Gasteiger partial charge in [0.05, 0.1) is 22.2 Å². The van der Waals surface area contributed by atoms with Gasteiger partial charge in [-0.15, -0.1) is 0 Å². The summed E-state index contributed by atoms with van der Waals surface area (Å²) in [6, 6.07) is 9.15. The van der Waals surface area contributed by atoms with Crippen LogP contribution in [0, 0.1) is 6.92 Å². The number of amidine groups is 1. The van der Waals surface area contributed by atoms with Crippen molar-refractivity contribution in [1.82, 2.24) is 5.32 Å². The third-order valence-electron chi connectivity index (χ3n) is 4.01. The number of benzene rings is 2. The summed E-state index contributed by atoms with van der Waals surface area (Å²) in [6.07, 6.45) is 3.43. The van der Waals surface area contributed by atoms with Crippen LogP contribution >= 0.6 is 39.3 Å². The van der Waals surface area contributed by atoms with Gasteiger partial charge in [-0.3, -0.25) is 4.79 Å². The molecule has 8 heteroatoms. The summed E-state index contributed by atoms with van der Waals surface area (Å²) < 4.78 is 11.8. The van der Waals surface area contributed by atoms with E-state index in [0.29, 0.717) is 33.2 Å². The highest BCUT2D eigenvalue weighted by atomic mass is 79.9. The van der Waals surface area contributed by atoms with Gasteiger partial charge in [0, 0.05) is 5.02 Å². The van der Waals surface area contributed by atoms with Crippen molar-refractivity contribution in [1.29, 1.82) is 0 Å². The van der Waals surface area contributed by atoms with E-state index in [9.17, 15) is 4.79 Å². The van der Waals surface area contributed by atoms with E-state index in [2.05, 4.69) is 32.8 Å². The van der Waals surface area contributed by atoms with Gasteiger partial charge in [-0.25, -0.2) is 4.99 Å². The Hall–Kier alpha value is -2.22. The molecule has 1 N–H and O–H groups in total. The standard InChI is InChI=1S/C21H18BrClN2O3S/c1-4-8-28-19-14(22)9-13(10-17(19)27-3)11-18-20(26)25-21(29-18)24-16-7-5-6-15(23)12(16)2/h4-7,9-11H,1,8H2,2-3H3,(H,24,25,26)/b18-11+. The molecular formula is C21H18BrClN2O3S. The molecule has 1 aliphatic heterocycles. The number of thioether (sulfide) groups is 1. The number of rotatable bonds is 6. The van der Waals surface area contributed by atoms with Crippen molar-refractivity contribution >= 4 is 62.1 Å². The number of aliphatic imine (C=N–C) groups is 1. The highest BCUT2D eigenvalue weighted by Gasteiger charge is 2.24. The fourth-order valence-electron chi connectivity index (χ4n) is 2.56. The third-order valence-corrected chi connectivity index (χ3v) is 5.92. The zero-order chi connectivity index (χ0) is 21.0. The lowest BCUT2D eigenvalue weighted by molar-refractivity contribution is -0.115. The van der Waals surface area contributed by atoms with E-state index in [1.165, 1.54) is 11.8 Å². The van der Waals surface area contributed by atoms with E-state index in [1.807, 2.05) is 25.1 Å². The topological polar surface area (TPSA) is 59.9 Å². The molecule has 0 unspecified atom stereocenters. The van der Waals surface area contributed by atoms with Crippen molar-refractivity contribution in [3.63, 3.8) is 0 Å². The van der Waals surface area contributed by atoms with Crippen LogP contribution in [0.1, 0.15) is 11.1 Å². The quantitative estimate of drug-likeness (QED) is 0.403. The molecule has 0 aliphatic carbocycles. The number of methoxy groups -OCH3 is 1. The van der Waals surface area contributed by atoms with Crippen LogP contribution in [0.2, 0.25) is 5.02 Å². The number of halogens is 2. The number of carbonyl (C=O) groups is 1. The predicted molar refractivity (Wildman–Crippen MR) is 123 cm³/mol. The zero-order valence-corrected chi connectivity index (χ0v) is 19.0. The van der Waals surface area contributed by atoms with Crippen molar-refractivity contribution in [2.24, 2.45) is 4.99 Å². The van der Waals surface area contributed by atoms with Crippen molar-refractivity contribution in [3.05, 3.63) is 68.5 Å². The molecule has 0 radical (unpaired) electrons. The van der Waals surface area contributed by atoms with Crippen LogP contribution in [-0.2, 0) is 4.79 Å². The molecule has 29 heavy (non-hydrogen) atoms. The predicted octanol–water partition coefficient (Wildman–Crippen LogP) is 5.88. The van der Waals surface area contributed by atoms with Crippen LogP contribution in [0.3, 0.4) is 0 Å². The summed E-state index contributed by atoms with van der Waals surface area (Å²) in [5.41, 5.74) is 2.37. The molecule has 1 fully saturated rings. The largest absolute Gasteiger partial charge is 0.493 e. The Kier molecular flexibility index (Phi) is 7.05. The van der Waals surface area contributed by atoms with E-state index in [4.69, 9.17) is 21.1 Å². The first kappa shape index (κ1) is 21.5. The average molecular weight is 494 g/mol. The number of nitrogens with zero attached hydrogens (tertiary/aromatic N) is 1. The first-order valence-electron chi connectivity index (χ1n) is 8.59. The first-order chi connectivity index (χ1) is 13.9. The molecule has 3 rings (SSSR count). The Balaban J connectivity index is 1.88. The minimum atomic E-state index is -0.212. The lowest BCUT2D eigenvalue weighted by Crippen LogP contribution is -2.19. The maximum Gasteiger partial charge on any atom is 0.264 e. The Labute approximate surface area is 187 Å². The van der Waals surface area contributed by atoms with Crippen molar-refractivity contribution in [2.45, 2.75) is 6.92 Å². The average Bonchev–Trinajstić information content (AvgIpc) is 3.03. The molecule has 5 nitrogen and oxygen atoms in total. The van der Waals surface area contributed by atoms with Crippen molar-refractivity contribution in [3.8, 4) is 11.5 Å². The van der Waals surface area contributed by atoms with Crippen LogP contribution in [0.15, 0.2) is 57.4 Å². The fourth-order valence-corrected chi connectivity index (χ4v) is 4.14. The Morgan fingerprint density at radius 3 is 2.90 bits per heavy atom. The van der Waals surface area contributed by atoms with Gasteiger partial charge < -0.3 is 14.8 Å². The second-order valence-corrected chi connectivity index (χ2v) is 8.29. The molecule has 0 saturated carbocycles. The van der Waals surface area contributed by atoms with Crippen LogP contribution in [-0.4, -0.2) is 24.8 Å². The van der Waals surface area contributed by atoms with Crippen LogP contribution in [0.25, 0.3) is 6.08 Å². The molecule has 0 bridgehead atoms. The summed E-state index contributed by atoms with van der Waals surface area (Å²) in [6.45, 7) is 5.89. The van der Waals surface area contributed by atoms with Gasteiger partial charge in [0.15, 0.2) is 16.7 Å². The number of ether oxygens (including phenoxy) is 2. The summed E-state index contributed by atoms with van der Waals surface area (Å²) in [7, 11) is 1.56. The van der Waals surface area contributed by atoms with Crippen LogP contribution in [0.4, 0.5) is 5.69 Å². The molecule has 1 aliphatic rings. The Bertz CT molecular complexity index is 1040. The van der Waals surface area contributed by atoms with Gasteiger partial charge in [-0.1, -0.05) is 30.3 Å². The molecule has 1 heterocycles. The second kappa shape index (κ2) is 9.52. The summed E-state index contributed by atoms with van der Waals surface area (Å²) >= 11 is 10.9. The highest BCUT2D eigenvalue weighted by Crippen LogP contribution is 2.38. The van der Waals surface area contributed by atoms with Crippen LogP contribution in [0.5, 0.6) is 11.5 Å². The maximum absolute atomic E-state index is 12.4. The molecule has 1 saturated heterocycles. The molecule has 150 valence electrons. The number of hydrogen-bond acceptors (Lipinski definition) is 5. The lowest BCUT2D eigenvalue weighted by Gasteiger charge is -2.12. The fraction of sp³-hybridized carbons (Fsp3) is 0.143. The second-order valence-electron chi connectivity index (χ2n) is 6.00. The Morgan fingerprint density at radius 1 is 1.38 bits per heavy atom. The van der Waals surface area contributed by atoms with E-state index in [1.54, 1.807) is 31.4 Å². The number of amides is 1. The summed E-state index contributed by atoms with van der Waals surface area (Å²) in [5, 5.41) is 3.92. The minimum Gasteiger partial charge on any atom is -0.493 e. The molecule has 1 amide bonds. The van der Waals surface area contributed by atoms with E-state index in [-0.39, 0.29) is 5.91 Å². The smallest absolute Gasteiger partial charge is 0.264 e. The third kappa shape index (κ3) is 5.04. The molecule has 2 aromatic carbocycles. The molecule has 0 spiro atoms. The SMILES string of the molecule is C=CCOc1c(Br)cc(/C=C2/SC(=Nc3cccc(Cl)c3C)NC2=O)cc1OC. The minimum absolute atomic E-state index is 0.212. The highest BCUT2D eigenvalue weighted by molar-refractivity contribution is 9.10. The van der Waals surface area contributed by atoms with Gasteiger partial charge >= 0.3 is 0 Å². The molecule has 0 atom stereocenters. The maximum atomic E-state index is 12.4. The monoisotopic (exact) mass is 492 g/mol. The van der Waals surface area contributed by atoms with Crippen LogP contribution < -0.4 is 14.8 Å². The number of nitrogens with one attached hydrogen (secondary N) is 1. The number of carbonyl (C=O) groups excluding carboxylic acids is 1. The zero-order valence-electron chi connectivity index (χ0n) is 15.8. The van der Waals surface area contributed by atoms with Crippen molar-refractivity contribution in [2.75, 3.05) is 13.7 Å². The van der Waals surface area contributed by atoms with Gasteiger partial charge in [-0.05, 0) is 76.1 Å². The first-order valence-corrected chi connectivity index (χ1v) is 10.6. The normalized spacial score (nSPS) is 16.2. The molecule has 2 aromatic rings. The van der Waals surface area contributed by atoms with Gasteiger partial charge in [-0.2, -0.15) is 0 Å². The van der Waals surface area contributed by atoms with Gasteiger partial charge in [0.25, 0.3) is 5.91 Å². The van der Waals surface area contributed by atoms with Crippen molar-refractivity contribution < 1.29 is 14.3 Å².